The molecule has 0 aliphatic rings. The summed E-state index contributed by atoms with van der Waals surface area (Å²) in [5, 5.41) is 35.2. The Morgan fingerprint density at radius 3 is 1.57 bits per heavy atom. The zero-order valence-corrected chi connectivity index (χ0v) is 10.5. The van der Waals surface area contributed by atoms with Crippen molar-refractivity contribution in [3.63, 3.8) is 0 Å². The molecule has 0 aliphatic carbocycles. The molecule has 0 spiro atoms. The number of benzene rings is 1. The monoisotopic (exact) mass is 298 g/mol. The normalized spacial score (nSPS) is 9.76. The molecule has 1 rings (SSSR count). The van der Waals surface area contributed by atoms with Crippen LogP contribution in [0.1, 0.15) is 5.56 Å². The van der Waals surface area contributed by atoms with Crippen LogP contribution in [-0.4, -0.2) is 44.8 Å². The summed E-state index contributed by atoms with van der Waals surface area (Å²) in [5.41, 5.74) is -0.411. The number of hydrogen-bond donors (Lipinski definition) is 4. The highest BCUT2D eigenvalue weighted by Gasteiger charge is 2.26. The number of amides is 4. The van der Waals surface area contributed by atoms with E-state index >= 15 is 0 Å². The lowest BCUT2D eigenvalue weighted by molar-refractivity contribution is 0.181. The summed E-state index contributed by atoms with van der Waals surface area (Å²) < 4.78 is 0. The summed E-state index contributed by atoms with van der Waals surface area (Å²) in [7, 11) is 0. The number of imide groups is 2. The van der Waals surface area contributed by atoms with Gasteiger partial charge in [0.25, 0.3) is 0 Å². The van der Waals surface area contributed by atoms with E-state index in [0.717, 1.165) is 18.2 Å². The molecular weight excluding hydrogens is 288 g/mol. The quantitative estimate of drug-likeness (QED) is 0.648. The van der Waals surface area contributed by atoms with Crippen LogP contribution in [0.25, 0.3) is 0 Å². The van der Waals surface area contributed by atoms with E-state index in [2.05, 4.69) is 0 Å². The Kier molecular flexibility index (Phi) is 4.33. The third-order valence-electron chi connectivity index (χ3n) is 2.44. The van der Waals surface area contributed by atoms with Crippen molar-refractivity contribution in [1.29, 1.82) is 0 Å². The smallest absolute Gasteiger partial charge is 0.421 e. The Morgan fingerprint density at radius 1 is 0.810 bits per heavy atom. The highest BCUT2D eigenvalue weighted by molar-refractivity contribution is 6.10. The van der Waals surface area contributed by atoms with Gasteiger partial charge in [0.15, 0.2) is 0 Å². The minimum atomic E-state index is -1.75. The van der Waals surface area contributed by atoms with Crippen molar-refractivity contribution < 1.29 is 39.6 Å². The Hall–Kier alpha value is -3.30. The highest BCUT2D eigenvalue weighted by Crippen LogP contribution is 2.26. The summed E-state index contributed by atoms with van der Waals surface area (Å²) >= 11 is 0. The zero-order valence-electron chi connectivity index (χ0n) is 10.5. The molecule has 10 heteroatoms. The van der Waals surface area contributed by atoms with Crippen LogP contribution in [0.5, 0.6) is 0 Å². The Morgan fingerprint density at radius 2 is 1.24 bits per heavy atom. The van der Waals surface area contributed by atoms with Crippen LogP contribution < -0.4 is 9.80 Å². The van der Waals surface area contributed by atoms with Gasteiger partial charge in [0.1, 0.15) is 0 Å². The molecule has 21 heavy (non-hydrogen) atoms. The van der Waals surface area contributed by atoms with E-state index in [9.17, 15) is 19.2 Å². The minimum Gasteiger partial charge on any atom is -0.464 e. The minimum absolute atomic E-state index is 0.0165. The van der Waals surface area contributed by atoms with E-state index in [1.807, 2.05) is 0 Å². The molecule has 0 atom stereocenters. The molecule has 112 valence electrons. The van der Waals surface area contributed by atoms with Gasteiger partial charge in [0.05, 0.1) is 11.4 Å². The molecule has 0 unspecified atom stereocenters. The number of hydrogen-bond acceptors (Lipinski definition) is 4. The van der Waals surface area contributed by atoms with Crippen molar-refractivity contribution in [2.24, 2.45) is 0 Å². The molecule has 1 aromatic rings. The third kappa shape index (κ3) is 3.18. The molecule has 4 amide bonds. The fourth-order valence-electron chi connectivity index (χ4n) is 1.62. The molecule has 0 aliphatic heterocycles. The first-order chi connectivity index (χ1) is 9.66. The summed E-state index contributed by atoms with van der Waals surface area (Å²) in [4.78, 5) is 43.5. The lowest BCUT2D eigenvalue weighted by atomic mass is 10.1. The Labute approximate surface area is 117 Å². The topological polar surface area (TPSA) is 156 Å². The van der Waals surface area contributed by atoms with Crippen molar-refractivity contribution in [3.05, 3.63) is 23.8 Å². The van der Waals surface area contributed by atoms with Gasteiger partial charge in [-0.05, 0) is 30.7 Å². The van der Waals surface area contributed by atoms with E-state index < -0.39 is 24.4 Å². The number of anilines is 2. The number of nitrogens with zero attached hydrogens (tertiary/aromatic N) is 2. The summed E-state index contributed by atoms with van der Waals surface area (Å²) in [6.45, 7) is 1.32. The highest BCUT2D eigenvalue weighted by atomic mass is 16.4. The van der Waals surface area contributed by atoms with Gasteiger partial charge in [-0.25, -0.2) is 19.2 Å². The van der Waals surface area contributed by atoms with Crippen LogP contribution in [-0.2, 0) is 0 Å². The third-order valence-corrected chi connectivity index (χ3v) is 2.44. The maximum atomic E-state index is 10.9. The van der Waals surface area contributed by atoms with E-state index in [1.165, 1.54) is 6.92 Å². The van der Waals surface area contributed by atoms with E-state index in [-0.39, 0.29) is 26.7 Å². The first-order valence-corrected chi connectivity index (χ1v) is 5.29. The maximum Gasteiger partial charge on any atom is 0.421 e. The lowest BCUT2D eigenvalue weighted by Gasteiger charge is -2.19. The van der Waals surface area contributed by atoms with Crippen molar-refractivity contribution in [1.82, 2.24) is 0 Å². The van der Waals surface area contributed by atoms with Crippen LogP contribution in [0.4, 0.5) is 30.6 Å². The van der Waals surface area contributed by atoms with E-state index in [1.54, 1.807) is 0 Å². The second kappa shape index (κ2) is 5.77. The zero-order chi connectivity index (χ0) is 16.3. The number of carbonyl (C=O) groups is 4. The van der Waals surface area contributed by atoms with Gasteiger partial charge in [0, 0.05) is 0 Å². The standard InChI is InChI=1S/C11H10N2O8/c1-5-4-6(12(8(14)15)9(16)17)2-3-7(5)13(10(18)19)11(20)21/h2-4H,1H3,(H,14,15)(H,16,17)(H,18,19)(H,20,21). The predicted molar refractivity (Wildman–Crippen MR) is 68.2 cm³/mol. The van der Waals surface area contributed by atoms with Crippen molar-refractivity contribution in [2.75, 3.05) is 9.80 Å². The molecular formula is C11H10N2O8. The van der Waals surface area contributed by atoms with Crippen LogP contribution in [0, 0.1) is 6.92 Å². The second-order valence-corrected chi connectivity index (χ2v) is 3.77. The molecule has 4 N–H and O–H groups in total. The molecule has 1 aromatic carbocycles. The summed E-state index contributed by atoms with van der Waals surface area (Å²) in [6.07, 6.45) is -6.98. The van der Waals surface area contributed by atoms with Gasteiger partial charge in [-0.3, -0.25) is 0 Å². The van der Waals surface area contributed by atoms with Gasteiger partial charge in [-0.2, -0.15) is 9.80 Å². The summed E-state index contributed by atoms with van der Waals surface area (Å²) in [6, 6.07) is 3.05. The van der Waals surface area contributed by atoms with Crippen LogP contribution >= 0.6 is 0 Å². The Balaban J connectivity index is 3.33. The maximum absolute atomic E-state index is 10.9. The molecule has 0 heterocycles. The fourth-order valence-corrected chi connectivity index (χ4v) is 1.62. The van der Waals surface area contributed by atoms with Gasteiger partial charge in [-0.15, -0.1) is 0 Å². The van der Waals surface area contributed by atoms with Crippen LogP contribution in [0.15, 0.2) is 18.2 Å². The predicted octanol–water partition coefficient (Wildman–Crippen LogP) is 2.32. The van der Waals surface area contributed by atoms with Crippen molar-refractivity contribution in [2.45, 2.75) is 6.92 Å². The Bertz CT molecular complexity index is 599. The second-order valence-electron chi connectivity index (χ2n) is 3.77. The fraction of sp³-hybridized carbons (Fsp3) is 0.0909. The number of rotatable bonds is 2. The van der Waals surface area contributed by atoms with Gasteiger partial charge in [-0.1, -0.05) is 0 Å². The number of carboxylic acid groups (broad SMARTS) is 4. The van der Waals surface area contributed by atoms with E-state index in [4.69, 9.17) is 20.4 Å². The van der Waals surface area contributed by atoms with Gasteiger partial charge < -0.3 is 20.4 Å². The average Bonchev–Trinajstić information content (AvgIpc) is 2.30. The molecule has 10 nitrogen and oxygen atoms in total. The SMILES string of the molecule is Cc1cc(N(C(=O)O)C(=O)O)ccc1N(C(=O)O)C(=O)O. The lowest BCUT2D eigenvalue weighted by Crippen LogP contribution is -2.36. The van der Waals surface area contributed by atoms with Crippen molar-refractivity contribution in [3.8, 4) is 0 Å². The molecule has 0 fully saturated rings. The van der Waals surface area contributed by atoms with Crippen molar-refractivity contribution >= 4 is 35.7 Å². The molecule has 0 aromatic heterocycles. The van der Waals surface area contributed by atoms with Gasteiger partial charge in [0.2, 0.25) is 0 Å². The number of aryl methyl sites for hydroxylation is 1. The first-order valence-electron chi connectivity index (χ1n) is 5.29. The first kappa shape index (κ1) is 15.8. The summed E-state index contributed by atoms with van der Waals surface area (Å²) in [5.74, 6) is 0. The van der Waals surface area contributed by atoms with Gasteiger partial charge >= 0.3 is 24.4 Å². The largest absolute Gasteiger partial charge is 0.464 e. The molecule has 0 saturated carbocycles. The van der Waals surface area contributed by atoms with E-state index in [0.29, 0.717) is 0 Å². The molecule has 0 bridgehead atoms. The van der Waals surface area contributed by atoms with Crippen LogP contribution in [0.2, 0.25) is 0 Å². The van der Waals surface area contributed by atoms with Crippen LogP contribution in [0.3, 0.4) is 0 Å². The molecule has 0 saturated heterocycles. The average molecular weight is 298 g/mol. The molecule has 0 radical (unpaired) electrons.